The third-order valence-corrected chi connectivity index (χ3v) is 12.0. The van der Waals surface area contributed by atoms with E-state index in [2.05, 4.69) is 0 Å². The number of esters is 2. The number of benzene rings is 3. The van der Waals surface area contributed by atoms with Gasteiger partial charge in [0.15, 0.2) is 0 Å². The molecule has 3 aromatic carbocycles. The fourth-order valence-corrected chi connectivity index (χ4v) is 8.48. The van der Waals surface area contributed by atoms with Gasteiger partial charge in [-0.1, -0.05) is 52.0 Å². The summed E-state index contributed by atoms with van der Waals surface area (Å²) in [6.45, 7) is 5.70. The van der Waals surface area contributed by atoms with Gasteiger partial charge < -0.3 is 30.4 Å². The summed E-state index contributed by atoms with van der Waals surface area (Å²) in [4.78, 5) is 51.5. The number of carbonyl (C=O) groups excluding carboxylic acids is 4. The fraction of sp³-hybridized carbons (Fsp3) is 0.421. The molecule has 0 aromatic heterocycles. The molecule has 0 spiro atoms. The molecule has 306 valence electrons. The van der Waals surface area contributed by atoms with Gasteiger partial charge in [0, 0.05) is 13.1 Å². The molecule has 0 aliphatic carbocycles. The lowest BCUT2D eigenvalue weighted by Gasteiger charge is -2.32. The fourth-order valence-electron chi connectivity index (χ4n) is 5.37. The second-order valence-electron chi connectivity index (χ2n) is 13.6. The molecule has 2 amide bonds. The summed E-state index contributed by atoms with van der Waals surface area (Å²) in [6, 6.07) is 13.2. The second-order valence-corrected chi connectivity index (χ2v) is 17.4. The van der Waals surface area contributed by atoms with E-state index in [-0.39, 0.29) is 46.0 Å². The van der Waals surface area contributed by atoms with Crippen molar-refractivity contribution in [1.82, 2.24) is 8.61 Å². The van der Waals surface area contributed by atoms with Gasteiger partial charge >= 0.3 is 11.9 Å². The lowest BCUT2D eigenvalue weighted by molar-refractivity contribution is -0.151. The average molecular weight is 819 g/mol. The van der Waals surface area contributed by atoms with Crippen molar-refractivity contribution < 1.29 is 55.0 Å². The summed E-state index contributed by atoms with van der Waals surface area (Å²) in [7, 11) is -6.50. The Morgan fingerprint density at radius 3 is 1.16 bits per heavy atom. The molecule has 3 rings (SSSR count). The lowest BCUT2D eigenvalue weighted by Crippen LogP contribution is -2.48. The van der Waals surface area contributed by atoms with Crippen molar-refractivity contribution in [2.75, 3.05) is 27.4 Å². The summed E-state index contributed by atoms with van der Waals surface area (Å²) in [6.07, 6.45) is -1.51. The van der Waals surface area contributed by atoms with Crippen molar-refractivity contribution in [2.45, 2.75) is 75.5 Å². The second kappa shape index (κ2) is 20.2. The molecule has 0 saturated heterocycles. The van der Waals surface area contributed by atoms with Crippen LogP contribution in [-0.2, 0) is 61.8 Å². The highest BCUT2D eigenvalue weighted by atomic mass is 32.2. The Bertz CT molecular complexity index is 1890. The van der Waals surface area contributed by atoms with Gasteiger partial charge in [-0.2, -0.15) is 8.61 Å². The number of hydrogen-bond donors (Lipinski definition) is 2. The number of hydrogen-bond acceptors (Lipinski definition) is 12. The minimum Gasteiger partial charge on any atom is -0.497 e. The first-order valence-corrected chi connectivity index (χ1v) is 20.5. The van der Waals surface area contributed by atoms with E-state index in [1.54, 1.807) is 39.8 Å². The van der Waals surface area contributed by atoms with Crippen LogP contribution in [0.5, 0.6) is 11.5 Å². The molecule has 56 heavy (non-hydrogen) atoms. The van der Waals surface area contributed by atoms with E-state index in [0.29, 0.717) is 11.5 Å². The van der Waals surface area contributed by atoms with Crippen molar-refractivity contribution in [3.05, 3.63) is 83.9 Å². The summed E-state index contributed by atoms with van der Waals surface area (Å²) >= 11 is 0. The first kappa shape index (κ1) is 45.4. The first-order chi connectivity index (χ1) is 26.3. The molecule has 0 aliphatic rings. The largest absolute Gasteiger partial charge is 0.497 e. The summed E-state index contributed by atoms with van der Waals surface area (Å²) in [5.74, 6) is -3.64. The third-order valence-electron chi connectivity index (χ3n) is 8.25. The Morgan fingerprint density at radius 2 is 0.893 bits per heavy atom. The van der Waals surface area contributed by atoms with Gasteiger partial charge in [0.05, 0.1) is 50.1 Å². The monoisotopic (exact) mass is 818 g/mol. The molecule has 0 radical (unpaired) electrons. The number of carbonyl (C=O) groups is 4. The van der Waals surface area contributed by atoms with E-state index in [0.717, 1.165) is 8.61 Å². The van der Waals surface area contributed by atoms with Crippen LogP contribution in [0.3, 0.4) is 0 Å². The van der Waals surface area contributed by atoms with Crippen LogP contribution in [0.25, 0.3) is 0 Å². The smallest absolute Gasteiger partial charge is 0.325 e. The topological polar surface area (TPSA) is 232 Å². The molecular weight excluding hydrogens is 769 g/mol. The number of sulfonamides is 2. The lowest BCUT2D eigenvalue weighted by atomic mass is 10.1. The molecule has 2 atom stereocenters. The van der Waals surface area contributed by atoms with Crippen LogP contribution in [0.4, 0.5) is 0 Å². The normalized spacial score (nSPS) is 13.0. The maximum absolute atomic E-state index is 14.5. The zero-order valence-corrected chi connectivity index (χ0v) is 33.9. The number of rotatable bonds is 22. The summed E-state index contributed by atoms with van der Waals surface area (Å²) in [5, 5.41) is 0. The third kappa shape index (κ3) is 12.2. The van der Waals surface area contributed by atoms with Crippen molar-refractivity contribution in [3.63, 3.8) is 0 Å². The van der Waals surface area contributed by atoms with Crippen molar-refractivity contribution in [2.24, 2.45) is 23.3 Å². The van der Waals surface area contributed by atoms with Gasteiger partial charge in [-0.05, 0) is 71.5 Å². The molecule has 0 saturated carbocycles. The minimum atomic E-state index is -4.65. The Morgan fingerprint density at radius 1 is 0.571 bits per heavy atom. The van der Waals surface area contributed by atoms with Crippen LogP contribution < -0.4 is 20.9 Å². The van der Waals surface area contributed by atoms with Crippen LogP contribution >= 0.6 is 0 Å². The number of amides is 2. The Balaban J connectivity index is 2.27. The van der Waals surface area contributed by atoms with E-state index in [1.807, 2.05) is 0 Å². The van der Waals surface area contributed by atoms with Gasteiger partial charge in [-0.15, -0.1) is 0 Å². The molecule has 0 bridgehead atoms. The number of ether oxygens (including phenoxy) is 4. The number of methoxy groups -OCH3 is 2. The molecular formula is C38H50N4O12S2. The molecule has 16 nitrogen and oxygen atoms in total. The molecule has 0 aliphatic heterocycles. The highest BCUT2D eigenvalue weighted by Crippen LogP contribution is 2.30. The molecule has 18 heteroatoms. The zero-order chi connectivity index (χ0) is 41.8. The maximum atomic E-state index is 14.5. The Labute approximate surface area is 328 Å². The molecule has 3 aromatic rings. The van der Waals surface area contributed by atoms with Gasteiger partial charge in [0.25, 0.3) is 0 Å². The van der Waals surface area contributed by atoms with Crippen LogP contribution in [0.2, 0.25) is 0 Å². The Kier molecular flexibility index (Phi) is 16.4. The minimum absolute atomic E-state index is 0.0898. The summed E-state index contributed by atoms with van der Waals surface area (Å²) in [5.41, 5.74) is 11.4. The molecule has 0 unspecified atom stereocenters. The standard InChI is InChI=1S/C38H50N4O12S2/c1-25(2)23-53-37(45)33(19-35(39)43)41(55(47,48)31-15-11-29(51-5)12-16-31)21-27-9-7-8-10-28(27)22-42(34(20-36(40)44)38(46)54-24-26(3)4)56(49,50)32-17-13-30(52-6)14-18-32/h7-18,25-26,33-34H,19-24H2,1-6H3,(H2,39,43)(H2,40,44)/t33-,34+. The average Bonchev–Trinajstić information content (AvgIpc) is 3.15. The SMILES string of the molecule is COc1ccc(S(=O)(=O)N(Cc2ccccc2CN([C@@H](CC(N)=O)C(=O)OCC(C)C)S(=O)(=O)c2ccc(OC)cc2)[C@H](CC(N)=O)C(=O)OCC(C)C)cc1. The van der Waals surface area contributed by atoms with Gasteiger partial charge in [0.2, 0.25) is 31.9 Å². The molecule has 0 fully saturated rings. The highest BCUT2D eigenvalue weighted by molar-refractivity contribution is 7.89. The van der Waals surface area contributed by atoms with E-state index in [4.69, 9.17) is 30.4 Å². The molecule has 4 N–H and O–H groups in total. The van der Waals surface area contributed by atoms with Crippen LogP contribution in [-0.4, -0.2) is 88.7 Å². The van der Waals surface area contributed by atoms with Gasteiger partial charge in [-0.25, -0.2) is 16.8 Å². The first-order valence-electron chi connectivity index (χ1n) is 17.6. The van der Waals surface area contributed by atoms with Crippen molar-refractivity contribution >= 4 is 43.8 Å². The van der Waals surface area contributed by atoms with E-state index >= 15 is 0 Å². The quantitative estimate of drug-likeness (QED) is 0.139. The Hall–Kier alpha value is -5.04. The van der Waals surface area contributed by atoms with Gasteiger partial charge in [0.1, 0.15) is 23.6 Å². The number of nitrogens with two attached hydrogens (primary N) is 2. The van der Waals surface area contributed by atoms with Crippen LogP contribution in [0.1, 0.15) is 51.7 Å². The van der Waals surface area contributed by atoms with E-state index in [1.165, 1.54) is 74.9 Å². The predicted molar refractivity (Wildman–Crippen MR) is 205 cm³/mol. The zero-order valence-electron chi connectivity index (χ0n) is 32.2. The number of nitrogens with zero attached hydrogens (tertiary/aromatic N) is 2. The van der Waals surface area contributed by atoms with Crippen LogP contribution in [0.15, 0.2) is 82.6 Å². The maximum Gasteiger partial charge on any atom is 0.325 e. The van der Waals surface area contributed by atoms with Crippen LogP contribution in [0, 0.1) is 11.8 Å². The van der Waals surface area contributed by atoms with E-state index < -0.39 is 81.8 Å². The number of primary amides is 2. The van der Waals surface area contributed by atoms with Crippen molar-refractivity contribution in [1.29, 1.82) is 0 Å². The summed E-state index contributed by atoms with van der Waals surface area (Å²) < 4.78 is 80.6. The van der Waals surface area contributed by atoms with Crippen molar-refractivity contribution in [3.8, 4) is 11.5 Å². The predicted octanol–water partition coefficient (Wildman–Crippen LogP) is 2.97. The van der Waals surface area contributed by atoms with Gasteiger partial charge in [-0.3, -0.25) is 19.2 Å². The highest BCUT2D eigenvalue weighted by Gasteiger charge is 2.41. The van der Waals surface area contributed by atoms with E-state index in [9.17, 15) is 36.0 Å². The molecule has 0 heterocycles.